The molecule has 21 heavy (non-hydrogen) atoms. The normalized spacial score (nSPS) is 11.3. The van der Waals surface area contributed by atoms with Crippen LogP contribution in [-0.4, -0.2) is 11.2 Å². The minimum atomic E-state index is -0.120. The van der Waals surface area contributed by atoms with Crippen molar-refractivity contribution in [2.45, 2.75) is 13.8 Å². The van der Waals surface area contributed by atoms with Crippen molar-refractivity contribution in [3.8, 4) is 0 Å². The number of nitrogens with zero attached hydrogens (tertiary/aromatic N) is 1. The molecule has 1 N–H and O–H groups in total. The molecule has 0 unspecified atom stereocenters. The van der Waals surface area contributed by atoms with Crippen LogP contribution in [0.4, 0.5) is 5.69 Å². The predicted molar refractivity (Wildman–Crippen MR) is 87.7 cm³/mol. The Balaban J connectivity index is 2.05. The fourth-order valence-corrected chi connectivity index (χ4v) is 2.28. The third-order valence-electron chi connectivity index (χ3n) is 3.49. The number of para-hydroxylation sites is 1. The molecule has 3 heteroatoms. The zero-order chi connectivity index (χ0) is 14.8. The van der Waals surface area contributed by atoms with E-state index in [-0.39, 0.29) is 5.56 Å². The predicted octanol–water partition coefficient (Wildman–Crippen LogP) is 3.90. The highest BCUT2D eigenvalue weighted by molar-refractivity contribution is 5.89. The first-order chi connectivity index (χ1) is 10.1. The van der Waals surface area contributed by atoms with Gasteiger partial charge in [-0.25, -0.2) is 0 Å². The molecule has 0 bridgehead atoms. The van der Waals surface area contributed by atoms with Gasteiger partial charge in [-0.15, -0.1) is 0 Å². The van der Waals surface area contributed by atoms with Crippen LogP contribution in [0.2, 0.25) is 0 Å². The number of H-pyrrole nitrogens is 1. The molecule has 3 aromatic rings. The Labute approximate surface area is 123 Å². The average molecular weight is 276 g/mol. The zero-order valence-electron chi connectivity index (χ0n) is 12.1. The van der Waals surface area contributed by atoms with Crippen molar-refractivity contribution in [2.75, 3.05) is 0 Å². The molecule has 104 valence electrons. The molecule has 0 saturated heterocycles. The molecule has 0 aliphatic carbocycles. The van der Waals surface area contributed by atoms with Crippen LogP contribution in [0.15, 0.2) is 58.3 Å². The van der Waals surface area contributed by atoms with Gasteiger partial charge in [0.2, 0.25) is 0 Å². The third kappa shape index (κ3) is 2.77. The number of hydrogen-bond acceptors (Lipinski definition) is 2. The van der Waals surface area contributed by atoms with Gasteiger partial charge in [0.05, 0.1) is 11.3 Å². The summed E-state index contributed by atoms with van der Waals surface area (Å²) < 4.78 is 0. The standard InChI is InChI=1S/C18H16N2O/c1-12-7-8-14-10-15(18(21)20-17(14)9-12)11-19-16-6-4-3-5-13(16)2/h3-11H,1-2H3,(H,20,21). The maximum absolute atomic E-state index is 12.1. The molecule has 0 atom stereocenters. The summed E-state index contributed by atoms with van der Waals surface area (Å²) >= 11 is 0. The summed E-state index contributed by atoms with van der Waals surface area (Å²) in [6, 6.07) is 15.7. The van der Waals surface area contributed by atoms with Crippen LogP contribution < -0.4 is 5.56 Å². The summed E-state index contributed by atoms with van der Waals surface area (Å²) in [6.45, 7) is 4.01. The van der Waals surface area contributed by atoms with E-state index in [0.717, 1.165) is 27.7 Å². The van der Waals surface area contributed by atoms with Gasteiger partial charge in [0, 0.05) is 11.7 Å². The van der Waals surface area contributed by atoms with E-state index in [2.05, 4.69) is 9.98 Å². The number of hydrogen-bond donors (Lipinski definition) is 1. The second kappa shape index (κ2) is 5.37. The van der Waals surface area contributed by atoms with Gasteiger partial charge in [0.25, 0.3) is 5.56 Å². The summed E-state index contributed by atoms with van der Waals surface area (Å²) in [4.78, 5) is 19.4. The van der Waals surface area contributed by atoms with E-state index in [4.69, 9.17) is 0 Å². The molecule has 0 fully saturated rings. The highest BCUT2D eigenvalue weighted by atomic mass is 16.1. The van der Waals surface area contributed by atoms with Crippen molar-refractivity contribution < 1.29 is 0 Å². The van der Waals surface area contributed by atoms with Crippen molar-refractivity contribution >= 4 is 22.8 Å². The summed E-state index contributed by atoms with van der Waals surface area (Å²) in [5, 5.41) is 1.01. The summed E-state index contributed by atoms with van der Waals surface area (Å²) in [7, 11) is 0. The van der Waals surface area contributed by atoms with Crippen molar-refractivity contribution in [1.82, 2.24) is 4.98 Å². The first kappa shape index (κ1) is 13.3. The van der Waals surface area contributed by atoms with Gasteiger partial charge >= 0.3 is 0 Å². The molecule has 1 heterocycles. The molecule has 1 aromatic heterocycles. The van der Waals surface area contributed by atoms with Gasteiger partial charge in [0.1, 0.15) is 0 Å². The largest absolute Gasteiger partial charge is 0.321 e. The minimum absolute atomic E-state index is 0.120. The van der Waals surface area contributed by atoms with Crippen molar-refractivity contribution in [1.29, 1.82) is 0 Å². The minimum Gasteiger partial charge on any atom is -0.321 e. The maximum atomic E-state index is 12.1. The first-order valence-corrected chi connectivity index (χ1v) is 6.87. The maximum Gasteiger partial charge on any atom is 0.257 e. The van der Waals surface area contributed by atoms with E-state index in [0.29, 0.717) is 5.56 Å². The number of aromatic nitrogens is 1. The van der Waals surface area contributed by atoms with Gasteiger partial charge in [-0.3, -0.25) is 9.79 Å². The van der Waals surface area contributed by atoms with Crippen molar-refractivity contribution in [3.63, 3.8) is 0 Å². The van der Waals surface area contributed by atoms with Gasteiger partial charge in [-0.2, -0.15) is 0 Å². The van der Waals surface area contributed by atoms with Gasteiger partial charge in [-0.1, -0.05) is 30.3 Å². The number of rotatable bonds is 2. The molecule has 0 spiro atoms. The molecule has 0 aliphatic heterocycles. The fourth-order valence-electron chi connectivity index (χ4n) is 2.28. The van der Waals surface area contributed by atoms with Crippen molar-refractivity contribution in [2.24, 2.45) is 4.99 Å². The van der Waals surface area contributed by atoms with Crippen LogP contribution in [-0.2, 0) is 0 Å². The van der Waals surface area contributed by atoms with E-state index in [9.17, 15) is 4.79 Å². The molecular weight excluding hydrogens is 260 g/mol. The lowest BCUT2D eigenvalue weighted by Crippen LogP contribution is -2.11. The molecule has 0 radical (unpaired) electrons. The van der Waals surface area contributed by atoms with E-state index >= 15 is 0 Å². The van der Waals surface area contributed by atoms with Crippen molar-refractivity contribution in [3.05, 3.63) is 75.6 Å². The zero-order valence-corrected chi connectivity index (χ0v) is 12.1. The fraction of sp³-hybridized carbons (Fsp3) is 0.111. The Hall–Kier alpha value is -2.68. The topological polar surface area (TPSA) is 45.2 Å². The lowest BCUT2D eigenvalue weighted by Gasteiger charge is -2.01. The van der Waals surface area contributed by atoms with Crippen LogP contribution in [0.3, 0.4) is 0 Å². The van der Waals surface area contributed by atoms with E-state index in [1.165, 1.54) is 0 Å². The summed E-state index contributed by atoms with van der Waals surface area (Å²) in [5.74, 6) is 0. The first-order valence-electron chi connectivity index (χ1n) is 6.87. The Morgan fingerprint density at radius 1 is 1.05 bits per heavy atom. The average Bonchev–Trinajstić information content (AvgIpc) is 2.46. The number of aliphatic imine (C=N–C) groups is 1. The van der Waals surface area contributed by atoms with E-state index in [1.807, 2.05) is 62.4 Å². The third-order valence-corrected chi connectivity index (χ3v) is 3.49. The smallest absolute Gasteiger partial charge is 0.257 e. The molecule has 0 saturated carbocycles. The number of pyridine rings is 1. The van der Waals surface area contributed by atoms with Gasteiger partial charge in [-0.05, 0) is 48.6 Å². The number of nitrogens with one attached hydrogen (secondary N) is 1. The van der Waals surface area contributed by atoms with Crippen LogP contribution >= 0.6 is 0 Å². The van der Waals surface area contributed by atoms with Gasteiger partial charge < -0.3 is 4.98 Å². The highest BCUT2D eigenvalue weighted by Crippen LogP contribution is 2.17. The van der Waals surface area contributed by atoms with Gasteiger partial charge in [0.15, 0.2) is 0 Å². The monoisotopic (exact) mass is 276 g/mol. The number of aromatic amines is 1. The second-order valence-electron chi connectivity index (χ2n) is 5.19. The Morgan fingerprint density at radius 3 is 2.67 bits per heavy atom. The molecule has 2 aromatic carbocycles. The van der Waals surface area contributed by atoms with Crippen LogP contribution in [0.5, 0.6) is 0 Å². The Kier molecular flexibility index (Phi) is 3.40. The molecule has 3 nitrogen and oxygen atoms in total. The Bertz CT molecular complexity index is 891. The van der Waals surface area contributed by atoms with Crippen LogP contribution in [0.1, 0.15) is 16.7 Å². The SMILES string of the molecule is Cc1ccc2cc(C=Nc3ccccc3C)c(=O)[nH]c2c1. The van der Waals surface area contributed by atoms with Crippen LogP contribution in [0.25, 0.3) is 10.9 Å². The number of aryl methyl sites for hydroxylation is 2. The van der Waals surface area contributed by atoms with E-state index < -0.39 is 0 Å². The summed E-state index contributed by atoms with van der Waals surface area (Å²) in [6.07, 6.45) is 1.63. The summed E-state index contributed by atoms with van der Waals surface area (Å²) in [5.41, 5.74) is 4.38. The molecule has 0 aliphatic rings. The van der Waals surface area contributed by atoms with Crippen LogP contribution in [0, 0.1) is 13.8 Å². The Morgan fingerprint density at radius 2 is 1.86 bits per heavy atom. The highest BCUT2D eigenvalue weighted by Gasteiger charge is 2.01. The lowest BCUT2D eigenvalue weighted by atomic mass is 10.1. The second-order valence-corrected chi connectivity index (χ2v) is 5.19. The lowest BCUT2D eigenvalue weighted by molar-refractivity contribution is 1.28. The number of fused-ring (bicyclic) bond motifs is 1. The molecule has 3 rings (SSSR count). The van der Waals surface area contributed by atoms with E-state index in [1.54, 1.807) is 6.21 Å². The number of benzene rings is 2. The molecule has 0 amide bonds. The molecular formula is C18H16N2O. The quantitative estimate of drug-likeness (QED) is 0.709.